The standard InChI is InChI=1S/C25H26N2O6/c1-25(2,14-13-22(29)27-31)23(17-11-12-21(32-3)20(28)15-17)33-24(30)26-19-10-6-8-16-7-4-5-9-18(16)19/h4-15,23,28,31H,1-3H3,(H,26,30)(H,27,29)/b14-13+/t23-/m1/s1. The van der Waals surface area contributed by atoms with Crippen molar-refractivity contribution >= 4 is 28.5 Å². The average Bonchev–Trinajstić information content (AvgIpc) is 2.81. The van der Waals surface area contributed by atoms with Gasteiger partial charge < -0.3 is 14.6 Å². The fraction of sp³-hybridized carbons (Fsp3) is 0.200. The maximum atomic E-state index is 12.9. The molecule has 3 aromatic carbocycles. The lowest BCUT2D eigenvalue weighted by atomic mass is 9.82. The summed E-state index contributed by atoms with van der Waals surface area (Å²) < 4.78 is 10.9. The predicted octanol–water partition coefficient (Wildman–Crippen LogP) is 4.93. The second kappa shape index (κ2) is 10.1. The number of phenolic OH excluding ortho intramolecular Hbond substituents is 1. The normalized spacial score (nSPS) is 12.4. The molecule has 0 aromatic heterocycles. The van der Waals surface area contributed by atoms with Crippen LogP contribution < -0.4 is 15.5 Å². The molecule has 0 heterocycles. The van der Waals surface area contributed by atoms with Crippen molar-refractivity contribution in [1.29, 1.82) is 0 Å². The van der Waals surface area contributed by atoms with Crippen LogP contribution in [0, 0.1) is 5.41 Å². The highest BCUT2D eigenvalue weighted by molar-refractivity contribution is 6.00. The molecule has 1 atom stereocenters. The molecule has 0 radical (unpaired) electrons. The number of carbonyl (C=O) groups excluding carboxylic acids is 2. The Kier molecular flexibility index (Phi) is 7.20. The van der Waals surface area contributed by atoms with E-state index >= 15 is 0 Å². The van der Waals surface area contributed by atoms with E-state index in [0.29, 0.717) is 11.3 Å². The van der Waals surface area contributed by atoms with Gasteiger partial charge in [-0.25, -0.2) is 10.3 Å². The molecule has 8 nitrogen and oxygen atoms in total. The molecule has 0 fully saturated rings. The maximum absolute atomic E-state index is 12.9. The second-order valence-corrected chi connectivity index (χ2v) is 8.00. The molecule has 0 saturated heterocycles. The molecule has 0 unspecified atom stereocenters. The lowest BCUT2D eigenvalue weighted by Crippen LogP contribution is -2.28. The van der Waals surface area contributed by atoms with Crippen molar-refractivity contribution in [3.63, 3.8) is 0 Å². The molecule has 0 aliphatic carbocycles. The topological polar surface area (TPSA) is 117 Å². The van der Waals surface area contributed by atoms with E-state index < -0.39 is 23.5 Å². The fourth-order valence-electron chi connectivity index (χ4n) is 3.52. The zero-order valence-electron chi connectivity index (χ0n) is 18.5. The van der Waals surface area contributed by atoms with E-state index in [1.807, 2.05) is 36.4 Å². The molecule has 8 heteroatoms. The Bertz CT molecular complexity index is 1180. The fourth-order valence-corrected chi connectivity index (χ4v) is 3.52. The van der Waals surface area contributed by atoms with Crippen LogP contribution in [0.2, 0.25) is 0 Å². The third-order valence-electron chi connectivity index (χ3n) is 5.21. The first kappa shape index (κ1) is 23.6. The number of amides is 2. The number of aromatic hydroxyl groups is 1. The van der Waals surface area contributed by atoms with Crippen LogP contribution in [0.25, 0.3) is 10.8 Å². The van der Waals surface area contributed by atoms with Gasteiger partial charge in [0.05, 0.1) is 12.8 Å². The number of fused-ring (bicyclic) bond motifs is 1. The molecule has 172 valence electrons. The number of phenols is 1. The molecular formula is C25H26N2O6. The minimum absolute atomic E-state index is 0.119. The van der Waals surface area contributed by atoms with Crippen LogP contribution in [0.1, 0.15) is 25.5 Å². The van der Waals surface area contributed by atoms with Crippen LogP contribution in [0.5, 0.6) is 11.5 Å². The Morgan fingerprint density at radius 1 is 1.06 bits per heavy atom. The number of hydrogen-bond donors (Lipinski definition) is 4. The van der Waals surface area contributed by atoms with Crippen LogP contribution in [0.3, 0.4) is 0 Å². The Morgan fingerprint density at radius 3 is 2.48 bits per heavy atom. The molecule has 0 bridgehead atoms. The van der Waals surface area contributed by atoms with Crippen LogP contribution >= 0.6 is 0 Å². The Hall–Kier alpha value is -4.04. The summed E-state index contributed by atoms with van der Waals surface area (Å²) in [5.41, 5.74) is 1.70. The molecule has 2 amide bonds. The Balaban J connectivity index is 1.93. The summed E-state index contributed by atoms with van der Waals surface area (Å²) in [6.07, 6.45) is 1.05. The largest absolute Gasteiger partial charge is 0.504 e. The predicted molar refractivity (Wildman–Crippen MR) is 124 cm³/mol. The summed E-state index contributed by atoms with van der Waals surface area (Å²) in [5.74, 6) is -0.573. The van der Waals surface area contributed by atoms with Gasteiger partial charge in [0.25, 0.3) is 5.91 Å². The summed E-state index contributed by atoms with van der Waals surface area (Å²) in [4.78, 5) is 24.4. The average molecular weight is 450 g/mol. The maximum Gasteiger partial charge on any atom is 0.412 e. The quantitative estimate of drug-likeness (QED) is 0.230. The summed E-state index contributed by atoms with van der Waals surface area (Å²) in [5, 5.41) is 23.6. The van der Waals surface area contributed by atoms with Crippen molar-refractivity contribution in [3.8, 4) is 11.5 Å². The first-order chi connectivity index (χ1) is 15.7. The highest BCUT2D eigenvalue weighted by Gasteiger charge is 2.33. The Labute approximate surface area is 191 Å². The van der Waals surface area contributed by atoms with Crippen molar-refractivity contribution in [2.24, 2.45) is 5.41 Å². The van der Waals surface area contributed by atoms with Crippen LogP contribution in [0.4, 0.5) is 10.5 Å². The van der Waals surface area contributed by atoms with Crippen LogP contribution in [-0.4, -0.2) is 29.4 Å². The van der Waals surface area contributed by atoms with Gasteiger partial charge in [-0.05, 0) is 29.1 Å². The van der Waals surface area contributed by atoms with E-state index in [1.54, 1.807) is 32.0 Å². The summed E-state index contributed by atoms with van der Waals surface area (Å²) in [6.45, 7) is 3.51. The summed E-state index contributed by atoms with van der Waals surface area (Å²) in [6, 6.07) is 17.8. The van der Waals surface area contributed by atoms with Crippen LogP contribution in [0.15, 0.2) is 72.8 Å². The van der Waals surface area contributed by atoms with Crippen molar-refractivity contribution in [3.05, 3.63) is 78.4 Å². The number of nitrogens with one attached hydrogen (secondary N) is 2. The number of anilines is 1. The van der Waals surface area contributed by atoms with Gasteiger partial charge in [0.15, 0.2) is 11.5 Å². The molecule has 0 aliphatic rings. The molecular weight excluding hydrogens is 424 g/mol. The molecule has 3 aromatic rings. The second-order valence-electron chi connectivity index (χ2n) is 8.00. The molecule has 0 saturated carbocycles. The lowest BCUT2D eigenvalue weighted by molar-refractivity contribution is -0.124. The monoisotopic (exact) mass is 450 g/mol. The van der Waals surface area contributed by atoms with Crippen molar-refractivity contribution in [2.75, 3.05) is 12.4 Å². The smallest absolute Gasteiger partial charge is 0.412 e. The number of benzene rings is 3. The zero-order chi connectivity index (χ0) is 24.0. The van der Waals surface area contributed by atoms with Gasteiger partial charge in [0.2, 0.25) is 0 Å². The van der Waals surface area contributed by atoms with Gasteiger partial charge >= 0.3 is 6.09 Å². The lowest BCUT2D eigenvalue weighted by Gasteiger charge is -2.32. The van der Waals surface area contributed by atoms with Gasteiger partial charge in [0.1, 0.15) is 6.10 Å². The van der Waals surface area contributed by atoms with Crippen molar-refractivity contribution in [2.45, 2.75) is 20.0 Å². The van der Waals surface area contributed by atoms with E-state index in [0.717, 1.165) is 16.8 Å². The first-order valence-corrected chi connectivity index (χ1v) is 10.2. The number of methoxy groups -OCH3 is 1. The molecule has 3 rings (SSSR count). The number of hydrogen-bond acceptors (Lipinski definition) is 6. The Morgan fingerprint density at radius 2 is 1.79 bits per heavy atom. The van der Waals surface area contributed by atoms with Gasteiger partial charge in [-0.1, -0.05) is 62.4 Å². The summed E-state index contributed by atoms with van der Waals surface area (Å²) in [7, 11) is 1.43. The van der Waals surface area contributed by atoms with Crippen LogP contribution in [-0.2, 0) is 9.53 Å². The van der Waals surface area contributed by atoms with Gasteiger partial charge in [-0.15, -0.1) is 0 Å². The van der Waals surface area contributed by atoms with E-state index in [-0.39, 0.29) is 11.5 Å². The number of carbonyl (C=O) groups is 2. The van der Waals surface area contributed by atoms with Crippen molar-refractivity contribution in [1.82, 2.24) is 5.48 Å². The van der Waals surface area contributed by atoms with E-state index in [1.165, 1.54) is 24.7 Å². The number of ether oxygens (including phenoxy) is 2. The molecule has 4 N–H and O–H groups in total. The van der Waals surface area contributed by atoms with Gasteiger partial charge in [0, 0.05) is 16.9 Å². The van der Waals surface area contributed by atoms with E-state index in [9.17, 15) is 14.7 Å². The van der Waals surface area contributed by atoms with Gasteiger partial charge in [-0.2, -0.15) is 0 Å². The summed E-state index contributed by atoms with van der Waals surface area (Å²) >= 11 is 0. The first-order valence-electron chi connectivity index (χ1n) is 10.2. The third-order valence-corrected chi connectivity index (χ3v) is 5.21. The highest BCUT2D eigenvalue weighted by atomic mass is 16.6. The number of rotatable bonds is 7. The van der Waals surface area contributed by atoms with Crippen molar-refractivity contribution < 1.29 is 29.4 Å². The van der Waals surface area contributed by atoms with E-state index in [2.05, 4.69) is 5.32 Å². The third kappa shape index (κ3) is 5.61. The minimum Gasteiger partial charge on any atom is -0.504 e. The molecule has 0 aliphatic heterocycles. The highest BCUT2D eigenvalue weighted by Crippen LogP contribution is 2.41. The molecule has 0 spiro atoms. The SMILES string of the molecule is COc1ccc([C@@H](OC(=O)Nc2cccc3ccccc23)C(C)(C)/C=C/C(=O)NO)cc1O. The van der Waals surface area contributed by atoms with Gasteiger partial charge in [-0.3, -0.25) is 15.3 Å². The zero-order valence-corrected chi connectivity index (χ0v) is 18.5. The molecule has 33 heavy (non-hydrogen) atoms. The van der Waals surface area contributed by atoms with E-state index in [4.69, 9.17) is 14.7 Å². The number of hydroxylamine groups is 1. The minimum atomic E-state index is -0.899.